The van der Waals surface area contributed by atoms with Crippen LogP contribution in [-0.2, 0) is 22.6 Å². The average molecular weight is 399 g/mol. The Balaban J connectivity index is 1.33. The Morgan fingerprint density at radius 1 is 1.14 bits per heavy atom. The van der Waals surface area contributed by atoms with Crippen molar-refractivity contribution in [2.24, 2.45) is 0 Å². The van der Waals surface area contributed by atoms with E-state index in [4.69, 9.17) is 4.74 Å². The number of rotatable bonds is 10. The fourth-order valence-corrected chi connectivity index (χ4v) is 3.63. The van der Waals surface area contributed by atoms with Crippen molar-refractivity contribution < 1.29 is 14.3 Å². The van der Waals surface area contributed by atoms with E-state index in [1.165, 1.54) is 6.33 Å². The van der Waals surface area contributed by atoms with E-state index < -0.39 is 0 Å². The molecule has 8 nitrogen and oxygen atoms in total. The molecule has 29 heavy (non-hydrogen) atoms. The van der Waals surface area contributed by atoms with Crippen LogP contribution in [-0.4, -0.2) is 45.3 Å². The predicted octanol–water partition coefficient (Wildman–Crippen LogP) is 1.85. The van der Waals surface area contributed by atoms with Gasteiger partial charge in [0, 0.05) is 25.0 Å². The number of nitrogens with zero attached hydrogens (tertiary/aromatic N) is 3. The molecule has 0 radical (unpaired) electrons. The van der Waals surface area contributed by atoms with Gasteiger partial charge in [-0.15, -0.1) is 0 Å². The molecule has 8 heteroatoms. The summed E-state index contributed by atoms with van der Waals surface area (Å²) in [6.07, 6.45) is 7.24. The van der Waals surface area contributed by atoms with E-state index in [1.54, 1.807) is 11.0 Å². The first-order valence-corrected chi connectivity index (χ1v) is 10.2. The first-order valence-electron chi connectivity index (χ1n) is 10.2. The average Bonchev–Trinajstić information content (AvgIpc) is 3.36. The van der Waals surface area contributed by atoms with Crippen LogP contribution in [0.5, 0.6) is 5.75 Å². The largest absolute Gasteiger partial charge is 0.494 e. The number of ether oxygens (including phenoxy) is 1. The minimum atomic E-state index is 0.0129. The highest BCUT2D eigenvalue weighted by molar-refractivity contribution is 5.79. The van der Waals surface area contributed by atoms with E-state index in [2.05, 4.69) is 20.7 Å². The van der Waals surface area contributed by atoms with Crippen LogP contribution < -0.4 is 15.4 Å². The maximum atomic E-state index is 12.3. The lowest BCUT2D eigenvalue weighted by Crippen LogP contribution is -2.37. The second-order valence-electron chi connectivity index (χ2n) is 7.36. The molecule has 1 aliphatic carbocycles. The fraction of sp³-hybridized carbons (Fsp3) is 0.524. The number of nitrogens with one attached hydrogen (secondary N) is 2. The Hall–Kier alpha value is -2.90. The number of benzene rings is 1. The molecule has 2 N–H and O–H groups in total. The Kier molecular flexibility index (Phi) is 7.61. The topological polar surface area (TPSA) is 98.1 Å². The third-order valence-electron chi connectivity index (χ3n) is 5.02. The van der Waals surface area contributed by atoms with Crippen LogP contribution in [0, 0.1) is 0 Å². The van der Waals surface area contributed by atoms with E-state index >= 15 is 0 Å². The van der Waals surface area contributed by atoms with E-state index in [-0.39, 0.29) is 23.9 Å². The molecule has 2 aromatic rings. The summed E-state index contributed by atoms with van der Waals surface area (Å²) in [6, 6.07) is 7.85. The first-order chi connectivity index (χ1) is 14.1. The van der Waals surface area contributed by atoms with Gasteiger partial charge >= 0.3 is 0 Å². The second kappa shape index (κ2) is 10.6. The first kappa shape index (κ1) is 20.8. The zero-order valence-electron chi connectivity index (χ0n) is 16.8. The van der Waals surface area contributed by atoms with Crippen LogP contribution in [0.3, 0.4) is 0 Å². The van der Waals surface area contributed by atoms with E-state index in [9.17, 15) is 9.59 Å². The van der Waals surface area contributed by atoms with Crippen LogP contribution in [0.4, 0.5) is 0 Å². The number of carbonyl (C=O) groups excluding carboxylic acids is 2. The van der Waals surface area contributed by atoms with Crippen molar-refractivity contribution in [3.63, 3.8) is 0 Å². The van der Waals surface area contributed by atoms with Gasteiger partial charge in [-0.3, -0.25) is 14.3 Å². The van der Waals surface area contributed by atoms with Gasteiger partial charge in [0.15, 0.2) is 0 Å². The number of amides is 2. The standard InChI is InChI=1S/C21H29N5O3/c1-2-29-19-9-5-16(6-10-19)12-21(28)25-18-8-7-17(13-18)24-20(27)4-3-11-26-15-22-14-23-26/h5-6,9-10,14-15,17-18H,2-4,7-8,11-13H2,1H3,(H,24,27)(H,25,28)/t17-,18+/m1/s1. The van der Waals surface area contributed by atoms with E-state index in [0.717, 1.165) is 37.0 Å². The van der Waals surface area contributed by atoms with Gasteiger partial charge < -0.3 is 15.4 Å². The minimum absolute atomic E-state index is 0.0129. The summed E-state index contributed by atoms with van der Waals surface area (Å²) < 4.78 is 7.14. The lowest BCUT2D eigenvalue weighted by atomic mass is 10.1. The predicted molar refractivity (Wildman–Crippen MR) is 108 cm³/mol. The van der Waals surface area contributed by atoms with Gasteiger partial charge in [-0.2, -0.15) is 5.10 Å². The van der Waals surface area contributed by atoms with Crippen LogP contribution in [0.1, 0.15) is 44.6 Å². The molecule has 0 unspecified atom stereocenters. The van der Waals surface area contributed by atoms with Crippen LogP contribution in [0.15, 0.2) is 36.9 Å². The minimum Gasteiger partial charge on any atom is -0.494 e. The Morgan fingerprint density at radius 2 is 1.86 bits per heavy atom. The fourth-order valence-electron chi connectivity index (χ4n) is 3.63. The Bertz CT molecular complexity index is 776. The van der Waals surface area contributed by atoms with Gasteiger partial charge in [0.2, 0.25) is 11.8 Å². The molecule has 0 saturated heterocycles. The number of hydrogen-bond donors (Lipinski definition) is 2. The summed E-state index contributed by atoms with van der Waals surface area (Å²) >= 11 is 0. The Morgan fingerprint density at radius 3 is 2.52 bits per heavy atom. The molecule has 1 saturated carbocycles. The van der Waals surface area contributed by atoms with Crippen molar-refractivity contribution in [2.75, 3.05) is 6.61 Å². The highest BCUT2D eigenvalue weighted by atomic mass is 16.5. The molecule has 0 aliphatic heterocycles. The second-order valence-corrected chi connectivity index (χ2v) is 7.36. The molecule has 2 amide bonds. The van der Waals surface area contributed by atoms with Gasteiger partial charge in [-0.05, 0) is 50.3 Å². The molecule has 2 atom stereocenters. The monoisotopic (exact) mass is 399 g/mol. The van der Waals surface area contributed by atoms with E-state index in [1.807, 2.05) is 31.2 Å². The van der Waals surface area contributed by atoms with Crippen molar-refractivity contribution in [3.05, 3.63) is 42.5 Å². The molecule has 3 rings (SSSR count). The maximum Gasteiger partial charge on any atom is 0.224 e. The van der Waals surface area contributed by atoms with Crippen molar-refractivity contribution in [1.29, 1.82) is 0 Å². The molecular formula is C21H29N5O3. The maximum absolute atomic E-state index is 12.3. The summed E-state index contributed by atoms with van der Waals surface area (Å²) in [4.78, 5) is 28.3. The zero-order valence-corrected chi connectivity index (χ0v) is 16.8. The number of aromatic nitrogens is 3. The number of carbonyl (C=O) groups is 2. The van der Waals surface area contributed by atoms with Crippen LogP contribution >= 0.6 is 0 Å². The summed E-state index contributed by atoms with van der Waals surface area (Å²) in [5, 5.41) is 10.2. The third-order valence-corrected chi connectivity index (χ3v) is 5.02. The van der Waals surface area contributed by atoms with Crippen molar-refractivity contribution >= 4 is 11.8 Å². The van der Waals surface area contributed by atoms with Crippen molar-refractivity contribution in [2.45, 2.75) is 64.1 Å². The molecular weight excluding hydrogens is 370 g/mol. The molecule has 0 bridgehead atoms. The van der Waals surface area contributed by atoms with Crippen LogP contribution in [0.25, 0.3) is 0 Å². The molecule has 156 valence electrons. The van der Waals surface area contributed by atoms with Crippen molar-refractivity contribution in [1.82, 2.24) is 25.4 Å². The van der Waals surface area contributed by atoms with Gasteiger partial charge in [-0.25, -0.2) is 4.98 Å². The lowest BCUT2D eigenvalue weighted by Gasteiger charge is -2.15. The number of aryl methyl sites for hydroxylation is 1. The van der Waals surface area contributed by atoms with Gasteiger partial charge in [0.05, 0.1) is 13.0 Å². The zero-order chi connectivity index (χ0) is 20.5. The normalized spacial score (nSPS) is 18.4. The highest BCUT2D eigenvalue weighted by Crippen LogP contribution is 2.20. The number of hydrogen-bond acceptors (Lipinski definition) is 5. The lowest BCUT2D eigenvalue weighted by molar-refractivity contribution is -0.122. The molecule has 1 aliphatic rings. The summed E-state index contributed by atoms with van der Waals surface area (Å²) in [7, 11) is 0. The smallest absolute Gasteiger partial charge is 0.224 e. The van der Waals surface area contributed by atoms with Gasteiger partial charge in [-0.1, -0.05) is 12.1 Å². The summed E-state index contributed by atoms with van der Waals surface area (Å²) in [6.45, 7) is 3.25. The Labute approximate surface area is 171 Å². The molecule has 1 heterocycles. The van der Waals surface area contributed by atoms with Crippen molar-refractivity contribution in [3.8, 4) is 5.75 Å². The summed E-state index contributed by atoms with van der Waals surface area (Å²) in [5.74, 6) is 0.878. The molecule has 1 aromatic heterocycles. The summed E-state index contributed by atoms with van der Waals surface area (Å²) in [5.41, 5.74) is 0.959. The quantitative estimate of drug-likeness (QED) is 0.635. The third kappa shape index (κ3) is 6.89. The van der Waals surface area contributed by atoms with Gasteiger partial charge in [0.25, 0.3) is 0 Å². The SMILES string of the molecule is CCOc1ccc(CC(=O)N[C@H]2CC[C@@H](NC(=O)CCCn3cncn3)C2)cc1. The highest BCUT2D eigenvalue weighted by Gasteiger charge is 2.26. The van der Waals surface area contributed by atoms with Crippen LogP contribution in [0.2, 0.25) is 0 Å². The molecule has 0 spiro atoms. The van der Waals surface area contributed by atoms with Gasteiger partial charge in [0.1, 0.15) is 18.4 Å². The molecule has 1 aromatic carbocycles. The van der Waals surface area contributed by atoms with E-state index in [0.29, 0.717) is 26.0 Å². The molecule has 1 fully saturated rings.